The zero-order chi connectivity index (χ0) is 19.8. The number of hydrogen-bond donors (Lipinski definition) is 1. The molecule has 1 amide bonds. The van der Waals surface area contributed by atoms with Gasteiger partial charge in [-0.2, -0.15) is 13.2 Å². The maximum Gasteiger partial charge on any atom is 0.417 e. The molecule has 0 aliphatic rings. The van der Waals surface area contributed by atoms with Gasteiger partial charge in [-0.25, -0.2) is 13.4 Å². The van der Waals surface area contributed by atoms with Crippen LogP contribution in [0.25, 0.3) is 21.3 Å². The molecule has 0 atom stereocenters. The highest BCUT2D eigenvalue weighted by Gasteiger charge is 2.33. The Balaban J connectivity index is 1.95. The summed E-state index contributed by atoms with van der Waals surface area (Å²) in [6.45, 7) is 0. The fraction of sp³-hybridized carbons (Fsp3) is 0.176. The van der Waals surface area contributed by atoms with Gasteiger partial charge in [0, 0.05) is 6.26 Å². The SMILES string of the molecule is CS(=O)(=O)CC(=O)Nc1nc2ccc(-c3ccccc3C(F)(F)F)cc2s1. The number of anilines is 1. The van der Waals surface area contributed by atoms with Crippen molar-refractivity contribution in [1.29, 1.82) is 0 Å². The first-order valence-electron chi connectivity index (χ1n) is 7.58. The fourth-order valence-corrected chi connectivity index (χ4v) is 3.99. The molecule has 0 radical (unpaired) electrons. The van der Waals surface area contributed by atoms with Crippen LogP contribution in [0.4, 0.5) is 18.3 Å². The van der Waals surface area contributed by atoms with Gasteiger partial charge in [-0.3, -0.25) is 4.79 Å². The van der Waals surface area contributed by atoms with Crippen LogP contribution in [0.1, 0.15) is 5.56 Å². The summed E-state index contributed by atoms with van der Waals surface area (Å²) in [5.74, 6) is -1.40. The normalized spacial score (nSPS) is 12.3. The number of carbonyl (C=O) groups is 1. The number of rotatable bonds is 4. The van der Waals surface area contributed by atoms with Crippen LogP contribution in [0.2, 0.25) is 0 Å². The fourth-order valence-electron chi connectivity index (χ4n) is 2.52. The summed E-state index contributed by atoms with van der Waals surface area (Å²) in [7, 11) is -3.48. The van der Waals surface area contributed by atoms with Crippen molar-refractivity contribution in [3.8, 4) is 11.1 Å². The Kier molecular flexibility index (Phi) is 4.96. The molecule has 0 saturated heterocycles. The number of nitrogens with one attached hydrogen (secondary N) is 1. The summed E-state index contributed by atoms with van der Waals surface area (Å²) in [5.41, 5.74) is 0.162. The molecule has 0 aliphatic carbocycles. The van der Waals surface area contributed by atoms with E-state index < -0.39 is 33.2 Å². The minimum absolute atomic E-state index is 0.0444. The molecule has 3 rings (SSSR count). The number of hydrogen-bond acceptors (Lipinski definition) is 5. The standard InChI is InChI=1S/C17H13F3N2O3S2/c1-27(24,25)9-15(23)22-16-21-13-7-6-10(8-14(13)26-16)11-4-2-3-5-12(11)17(18,19)20/h2-8H,9H2,1H3,(H,21,22,23). The molecule has 3 aromatic rings. The highest BCUT2D eigenvalue weighted by Crippen LogP contribution is 2.38. The smallest absolute Gasteiger partial charge is 0.301 e. The average Bonchev–Trinajstić information content (AvgIpc) is 2.93. The highest BCUT2D eigenvalue weighted by atomic mass is 32.2. The van der Waals surface area contributed by atoms with Crippen molar-refractivity contribution in [2.75, 3.05) is 17.3 Å². The first-order valence-corrected chi connectivity index (χ1v) is 10.5. The molecule has 0 bridgehead atoms. The van der Waals surface area contributed by atoms with Crippen molar-refractivity contribution >= 4 is 42.4 Å². The van der Waals surface area contributed by atoms with Gasteiger partial charge in [-0.05, 0) is 29.3 Å². The van der Waals surface area contributed by atoms with Gasteiger partial charge in [-0.15, -0.1) is 0 Å². The first kappa shape index (κ1) is 19.3. The van der Waals surface area contributed by atoms with Crippen molar-refractivity contribution < 1.29 is 26.4 Å². The number of carbonyl (C=O) groups excluding carboxylic acids is 1. The van der Waals surface area contributed by atoms with Crippen LogP contribution in [0.15, 0.2) is 42.5 Å². The van der Waals surface area contributed by atoms with Crippen LogP contribution >= 0.6 is 11.3 Å². The Labute approximate surface area is 156 Å². The molecule has 0 fully saturated rings. The van der Waals surface area contributed by atoms with Gasteiger partial charge in [0.25, 0.3) is 0 Å². The van der Waals surface area contributed by atoms with Crippen LogP contribution in [0, 0.1) is 0 Å². The van der Waals surface area contributed by atoms with E-state index in [1.807, 2.05) is 0 Å². The van der Waals surface area contributed by atoms with Gasteiger partial charge in [0.15, 0.2) is 15.0 Å². The van der Waals surface area contributed by atoms with E-state index in [4.69, 9.17) is 0 Å². The lowest BCUT2D eigenvalue weighted by Gasteiger charge is -2.12. The summed E-state index contributed by atoms with van der Waals surface area (Å²) in [5, 5.41) is 2.57. The molecule has 1 N–H and O–H groups in total. The lowest BCUT2D eigenvalue weighted by Crippen LogP contribution is -2.21. The zero-order valence-corrected chi connectivity index (χ0v) is 15.5. The summed E-state index contributed by atoms with van der Waals surface area (Å²) in [6, 6.07) is 9.90. The van der Waals surface area contributed by atoms with E-state index in [-0.39, 0.29) is 10.7 Å². The van der Waals surface area contributed by atoms with Crippen LogP contribution in [-0.2, 0) is 20.8 Å². The zero-order valence-electron chi connectivity index (χ0n) is 13.9. The van der Waals surface area contributed by atoms with Crippen LogP contribution in [0.3, 0.4) is 0 Å². The molecule has 2 aromatic carbocycles. The van der Waals surface area contributed by atoms with Gasteiger partial charge in [0.05, 0.1) is 15.8 Å². The number of benzene rings is 2. The minimum atomic E-state index is -4.48. The van der Waals surface area contributed by atoms with E-state index in [0.717, 1.165) is 23.7 Å². The molecule has 0 aliphatic heterocycles. The Morgan fingerprint density at radius 3 is 2.56 bits per heavy atom. The summed E-state index contributed by atoms with van der Waals surface area (Å²) >= 11 is 1.05. The molecule has 0 unspecified atom stereocenters. The van der Waals surface area contributed by atoms with Crippen molar-refractivity contribution in [2.24, 2.45) is 0 Å². The van der Waals surface area contributed by atoms with Crippen molar-refractivity contribution in [1.82, 2.24) is 4.98 Å². The Morgan fingerprint density at radius 1 is 1.19 bits per heavy atom. The number of thiazole rings is 1. The molecule has 142 valence electrons. The Bertz CT molecular complexity index is 1120. The van der Waals surface area contributed by atoms with E-state index >= 15 is 0 Å². The third kappa shape index (κ3) is 4.64. The molecular formula is C17H13F3N2O3S2. The molecule has 5 nitrogen and oxygen atoms in total. The maximum atomic E-state index is 13.2. The van der Waals surface area contributed by atoms with Gasteiger partial charge in [0.2, 0.25) is 5.91 Å². The van der Waals surface area contributed by atoms with E-state index in [9.17, 15) is 26.4 Å². The Hall–Kier alpha value is -2.46. The monoisotopic (exact) mass is 414 g/mol. The first-order chi connectivity index (χ1) is 12.5. The number of nitrogens with zero attached hydrogens (tertiary/aromatic N) is 1. The predicted molar refractivity (Wildman–Crippen MR) is 98.4 cm³/mol. The van der Waals surface area contributed by atoms with E-state index in [0.29, 0.717) is 15.8 Å². The quantitative estimate of drug-likeness (QED) is 0.701. The third-order valence-electron chi connectivity index (χ3n) is 3.57. The molecule has 27 heavy (non-hydrogen) atoms. The topological polar surface area (TPSA) is 76.1 Å². The molecule has 0 spiro atoms. The lowest BCUT2D eigenvalue weighted by atomic mass is 9.99. The van der Waals surface area contributed by atoms with Gasteiger partial charge < -0.3 is 5.32 Å². The van der Waals surface area contributed by atoms with Gasteiger partial charge in [0.1, 0.15) is 5.75 Å². The van der Waals surface area contributed by atoms with E-state index in [1.165, 1.54) is 24.3 Å². The predicted octanol–water partition coefficient (Wildman–Crippen LogP) is 3.97. The van der Waals surface area contributed by atoms with Crippen molar-refractivity contribution in [3.63, 3.8) is 0 Å². The van der Waals surface area contributed by atoms with E-state index in [1.54, 1.807) is 12.1 Å². The highest BCUT2D eigenvalue weighted by molar-refractivity contribution is 7.91. The number of aromatic nitrogens is 1. The third-order valence-corrected chi connectivity index (χ3v) is 5.29. The number of amides is 1. The average molecular weight is 414 g/mol. The second kappa shape index (κ2) is 6.93. The molecular weight excluding hydrogens is 401 g/mol. The molecule has 0 saturated carbocycles. The molecule has 10 heteroatoms. The number of fused-ring (bicyclic) bond motifs is 1. The Morgan fingerprint density at radius 2 is 1.89 bits per heavy atom. The van der Waals surface area contributed by atoms with Gasteiger partial charge >= 0.3 is 6.18 Å². The van der Waals surface area contributed by atoms with Crippen LogP contribution in [-0.4, -0.2) is 31.3 Å². The second-order valence-electron chi connectivity index (χ2n) is 5.86. The maximum absolute atomic E-state index is 13.2. The largest absolute Gasteiger partial charge is 0.417 e. The molecule has 1 heterocycles. The lowest BCUT2D eigenvalue weighted by molar-refractivity contribution is -0.137. The number of halogens is 3. The van der Waals surface area contributed by atoms with Gasteiger partial charge in [-0.1, -0.05) is 35.6 Å². The van der Waals surface area contributed by atoms with Crippen LogP contribution in [0.5, 0.6) is 0 Å². The number of sulfone groups is 1. The summed E-state index contributed by atoms with van der Waals surface area (Å²) in [4.78, 5) is 15.9. The second-order valence-corrected chi connectivity index (χ2v) is 9.03. The summed E-state index contributed by atoms with van der Waals surface area (Å²) < 4.78 is 62.5. The number of alkyl halides is 3. The van der Waals surface area contributed by atoms with Crippen molar-refractivity contribution in [3.05, 3.63) is 48.0 Å². The summed E-state index contributed by atoms with van der Waals surface area (Å²) in [6.07, 6.45) is -3.54. The minimum Gasteiger partial charge on any atom is -0.301 e. The van der Waals surface area contributed by atoms with Crippen LogP contribution < -0.4 is 5.32 Å². The molecule has 1 aromatic heterocycles. The van der Waals surface area contributed by atoms with E-state index in [2.05, 4.69) is 10.3 Å². The van der Waals surface area contributed by atoms with Crippen molar-refractivity contribution in [2.45, 2.75) is 6.18 Å².